The van der Waals surface area contributed by atoms with Crippen LogP contribution in [0.15, 0.2) is 47.8 Å². The van der Waals surface area contributed by atoms with Crippen molar-refractivity contribution < 1.29 is 4.79 Å². The predicted molar refractivity (Wildman–Crippen MR) is 101 cm³/mol. The van der Waals surface area contributed by atoms with Crippen LogP contribution in [0.3, 0.4) is 0 Å². The van der Waals surface area contributed by atoms with Gasteiger partial charge in [-0.05, 0) is 42.7 Å². The zero-order chi connectivity index (χ0) is 17.8. The van der Waals surface area contributed by atoms with Crippen LogP contribution >= 0.6 is 11.3 Å². The van der Waals surface area contributed by atoms with Crippen molar-refractivity contribution in [2.75, 3.05) is 5.32 Å². The fraction of sp³-hybridized carbons (Fsp3) is 0.150. The first kappa shape index (κ1) is 16.9. The number of carbonyl (C=O) groups excluding carboxylic acids is 1. The topological polar surface area (TPSA) is 65.8 Å². The van der Waals surface area contributed by atoms with Crippen LogP contribution in [0.4, 0.5) is 5.13 Å². The quantitative estimate of drug-likeness (QED) is 0.757. The summed E-state index contributed by atoms with van der Waals surface area (Å²) in [5, 5.41) is 14.2. The first-order valence-electron chi connectivity index (χ1n) is 7.87. The molecule has 0 saturated heterocycles. The Morgan fingerprint density at radius 2 is 1.92 bits per heavy atom. The normalized spacial score (nSPS) is 10.3. The summed E-state index contributed by atoms with van der Waals surface area (Å²) in [6.45, 7) is 4.10. The second-order valence-corrected chi connectivity index (χ2v) is 6.73. The van der Waals surface area contributed by atoms with E-state index in [1.54, 1.807) is 12.1 Å². The number of nitrogens with one attached hydrogen (secondary N) is 1. The molecule has 25 heavy (non-hydrogen) atoms. The molecule has 0 atom stereocenters. The van der Waals surface area contributed by atoms with Gasteiger partial charge in [-0.15, -0.1) is 11.3 Å². The number of anilines is 1. The Hall–Kier alpha value is -2.97. The van der Waals surface area contributed by atoms with Crippen LogP contribution in [0.2, 0.25) is 0 Å². The van der Waals surface area contributed by atoms with E-state index in [2.05, 4.69) is 23.3 Å². The molecule has 0 radical (unpaired) electrons. The number of amides is 1. The van der Waals surface area contributed by atoms with Crippen molar-refractivity contribution in [3.63, 3.8) is 0 Å². The average Bonchev–Trinajstić information content (AvgIpc) is 3.06. The summed E-state index contributed by atoms with van der Waals surface area (Å²) in [5.41, 5.74) is 5.71. The van der Waals surface area contributed by atoms with Crippen LogP contribution in [0.5, 0.6) is 0 Å². The molecular weight excluding hydrogens is 330 g/mol. The number of carbonyl (C=O) groups is 1. The van der Waals surface area contributed by atoms with Crippen LogP contribution in [0.25, 0.3) is 11.3 Å². The van der Waals surface area contributed by atoms with Crippen molar-refractivity contribution >= 4 is 22.4 Å². The largest absolute Gasteiger partial charge is 0.302 e. The molecule has 3 rings (SSSR count). The van der Waals surface area contributed by atoms with Crippen LogP contribution in [0, 0.1) is 25.2 Å². The van der Waals surface area contributed by atoms with Gasteiger partial charge in [0.1, 0.15) is 0 Å². The lowest BCUT2D eigenvalue weighted by molar-refractivity contribution is -0.115. The van der Waals surface area contributed by atoms with E-state index in [-0.39, 0.29) is 5.91 Å². The van der Waals surface area contributed by atoms with Gasteiger partial charge in [0.05, 0.1) is 23.7 Å². The number of nitrogens with zero attached hydrogens (tertiary/aromatic N) is 2. The molecule has 0 aliphatic heterocycles. The summed E-state index contributed by atoms with van der Waals surface area (Å²) in [4.78, 5) is 16.7. The summed E-state index contributed by atoms with van der Waals surface area (Å²) in [7, 11) is 0. The lowest BCUT2D eigenvalue weighted by Crippen LogP contribution is -2.14. The number of hydrogen-bond acceptors (Lipinski definition) is 4. The molecule has 5 heteroatoms. The fourth-order valence-electron chi connectivity index (χ4n) is 2.44. The zero-order valence-corrected chi connectivity index (χ0v) is 14.9. The molecule has 0 bridgehead atoms. The first-order valence-corrected chi connectivity index (χ1v) is 8.75. The molecule has 0 saturated carbocycles. The maximum absolute atomic E-state index is 12.2. The third-order valence-corrected chi connectivity index (χ3v) is 4.75. The molecule has 3 aromatic rings. The van der Waals surface area contributed by atoms with E-state index >= 15 is 0 Å². The van der Waals surface area contributed by atoms with Gasteiger partial charge >= 0.3 is 0 Å². The van der Waals surface area contributed by atoms with E-state index in [4.69, 9.17) is 5.26 Å². The average molecular weight is 347 g/mol. The van der Waals surface area contributed by atoms with Gasteiger partial charge in [-0.3, -0.25) is 4.79 Å². The Balaban J connectivity index is 1.67. The van der Waals surface area contributed by atoms with Gasteiger partial charge in [-0.2, -0.15) is 5.26 Å². The standard InChI is InChI=1S/C20H17N3OS/c1-13-3-4-16(9-14(13)2)10-19(24)23-20-22-18(12-25-20)17-7-5-15(11-21)6-8-17/h3-9,12H,10H2,1-2H3,(H,22,23,24). The molecular formula is C20H17N3OS. The zero-order valence-electron chi connectivity index (χ0n) is 14.0. The Kier molecular flexibility index (Phi) is 4.92. The second kappa shape index (κ2) is 7.29. The van der Waals surface area contributed by atoms with Gasteiger partial charge in [0.25, 0.3) is 0 Å². The molecule has 0 aliphatic carbocycles. The van der Waals surface area contributed by atoms with Crippen LogP contribution < -0.4 is 5.32 Å². The van der Waals surface area contributed by atoms with Gasteiger partial charge in [0, 0.05) is 10.9 Å². The molecule has 0 aliphatic rings. The van der Waals surface area contributed by atoms with Crippen LogP contribution in [0.1, 0.15) is 22.3 Å². The molecule has 0 fully saturated rings. The Morgan fingerprint density at radius 3 is 2.60 bits per heavy atom. The maximum Gasteiger partial charge on any atom is 0.230 e. The second-order valence-electron chi connectivity index (χ2n) is 5.87. The smallest absolute Gasteiger partial charge is 0.230 e. The number of thiazole rings is 1. The summed E-state index contributed by atoms with van der Waals surface area (Å²) >= 11 is 1.39. The van der Waals surface area contributed by atoms with Crippen molar-refractivity contribution in [2.24, 2.45) is 0 Å². The minimum absolute atomic E-state index is 0.0796. The molecule has 0 spiro atoms. The molecule has 1 amide bonds. The van der Waals surface area contributed by atoms with E-state index in [0.717, 1.165) is 16.8 Å². The van der Waals surface area contributed by atoms with E-state index < -0.39 is 0 Å². The highest BCUT2D eigenvalue weighted by Crippen LogP contribution is 2.25. The maximum atomic E-state index is 12.2. The van der Waals surface area contributed by atoms with Gasteiger partial charge in [-0.25, -0.2) is 4.98 Å². The fourth-order valence-corrected chi connectivity index (χ4v) is 3.18. The minimum Gasteiger partial charge on any atom is -0.302 e. The highest BCUT2D eigenvalue weighted by atomic mass is 32.1. The molecule has 1 N–H and O–H groups in total. The van der Waals surface area contributed by atoms with Crippen LogP contribution in [-0.4, -0.2) is 10.9 Å². The first-order chi connectivity index (χ1) is 12.0. The van der Waals surface area contributed by atoms with Crippen molar-refractivity contribution in [1.82, 2.24) is 4.98 Å². The van der Waals surface area contributed by atoms with Gasteiger partial charge in [0.2, 0.25) is 5.91 Å². The van der Waals surface area contributed by atoms with Gasteiger partial charge in [0.15, 0.2) is 5.13 Å². The van der Waals surface area contributed by atoms with Crippen molar-refractivity contribution in [2.45, 2.75) is 20.3 Å². The highest BCUT2D eigenvalue weighted by Gasteiger charge is 2.09. The SMILES string of the molecule is Cc1ccc(CC(=O)Nc2nc(-c3ccc(C#N)cc3)cs2)cc1C. The molecule has 4 nitrogen and oxygen atoms in total. The number of nitriles is 1. The van der Waals surface area contributed by atoms with Gasteiger partial charge < -0.3 is 5.32 Å². The number of benzene rings is 2. The lowest BCUT2D eigenvalue weighted by atomic mass is 10.0. The predicted octanol–water partition coefficient (Wildman–Crippen LogP) is 4.48. The van der Waals surface area contributed by atoms with Crippen molar-refractivity contribution in [1.29, 1.82) is 5.26 Å². The summed E-state index contributed by atoms with van der Waals surface area (Å²) in [6.07, 6.45) is 0.326. The number of aromatic nitrogens is 1. The summed E-state index contributed by atoms with van der Waals surface area (Å²) in [6, 6.07) is 15.4. The summed E-state index contributed by atoms with van der Waals surface area (Å²) < 4.78 is 0. The van der Waals surface area contributed by atoms with Crippen LogP contribution in [-0.2, 0) is 11.2 Å². The lowest BCUT2D eigenvalue weighted by Gasteiger charge is -2.05. The van der Waals surface area contributed by atoms with Crippen molar-refractivity contribution in [3.8, 4) is 17.3 Å². The Labute approximate surface area is 150 Å². The van der Waals surface area contributed by atoms with Gasteiger partial charge in [-0.1, -0.05) is 30.3 Å². The molecule has 0 unspecified atom stereocenters. The number of hydrogen-bond donors (Lipinski definition) is 1. The van der Waals surface area contributed by atoms with E-state index in [9.17, 15) is 4.79 Å². The molecule has 1 heterocycles. The molecule has 2 aromatic carbocycles. The van der Waals surface area contributed by atoms with E-state index in [1.165, 1.54) is 22.5 Å². The van der Waals surface area contributed by atoms with Crippen molar-refractivity contribution in [3.05, 3.63) is 70.1 Å². The van der Waals surface area contributed by atoms with E-state index in [1.807, 2.05) is 42.6 Å². The Bertz CT molecular complexity index is 952. The number of aryl methyl sites for hydroxylation is 2. The third-order valence-electron chi connectivity index (χ3n) is 4.00. The monoisotopic (exact) mass is 347 g/mol. The third kappa shape index (κ3) is 4.11. The molecule has 124 valence electrons. The minimum atomic E-state index is -0.0796. The highest BCUT2D eigenvalue weighted by molar-refractivity contribution is 7.14. The Morgan fingerprint density at radius 1 is 1.16 bits per heavy atom. The molecule has 1 aromatic heterocycles. The number of rotatable bonds is 4. The summed E-state index contributed by atoms with van der Waals surface area (Å²) in [5.74, 6) is -0.0796. The van der Waals surface area contributed by atoms with E-state index in [0.29, 0.717) is 17.1 Å².